The molecule has 2 atom stereocenters. The third-order valence-electron chi connectivity index (χ3n) is 5.43. The maximum Gasteiger partial charge on any atom is 0.417 e. The molecule has 1 aliphatic heterocycles. The molecule has 3 aromatic heterocycles. The van der Waals surface area contributed by atoms with Crippen molar-refractivity contribution in [3.05, 3.63) is 66.4 Å². The van der Waals surface area contributed by atoms with E-state index in [1.807, 2.05) is 12.1 Å². The SMILES string of the molecule is C[C@H]1[C@H](Oc2ccc(C(F)(F)F)cn2)CCCN1Cc1ncccc1-c1ncccn1. The predicted molar refractivity (Wildman–Crippen MR) is 108 cm³/mol. The number of hydrogen-bond acceptors (Lipinski definition) is 6. The lowest BCUT2D eigenvalue weighted by molar-refractivity contribution is -0.137. The van der Waals surface area contributed by atoms with Crippen molar-refractivity contribution < 1.29 is 17.9 Å². The summed E-state index contributed by atoms with van der Waals surface area (Å²) >= 11 is 0. The molecular formula is C22H22F3N5O. The zero-order valence-electron chi connectivity index (χ0n) is 17.0. The molecule has 3 aromatic rings. The number of nitrogens with zero attached hydrogens (tertiary/aromatic N) is 5. The van der Waals surface area contributed by atoms with Crippen molar-refractivity contribution in [2.45, 2.75) is 44.6 Å². The standard InChI is InChI=1S/C22H22F3N5O/c1-15-19(31-20-8-7-16(13-29-20)22(23,24)25)6-3-12-30(15)14-18-17(5-2-9-26-18)21-27-10-4-11-28-21/h2,4-5,7-11,13,15,19H,3,6,12,14H2,1H3/t15-,19+/m0/s1. The van der Waals surface area contributed by atoms with Gasteiger partial charge in [-0.3, -0.25) is 9.88 Å². The third kappa shape index (κ3) is 4.99. The van der Waals surface area contributed by atoms with Crippen LogP contribution in [0.15, 0.2) is 55.1 Å². The number of rotatable bonds is 5. The lowest BCUT2D eigenvalue weighted by Crippen LogP contribution is -2.48. The molecule has 4 heterocycles. The Bertz CT molecular complexity index is 998. The second-order valence-corrected chi connectivity index (χ2v) is 7.46. The number of aromatic nitrogens is 4. The van der Waals surface area contributed by atoms with Crippen LogP contribution in [-0.2, 0) is 12.7 Å². The second-order valence-electron chi connectivity index (χ2n) is 7.46. The summed E-state index contributed by atoms with van der Waals surface area (Å²) in [6.45, 7) is 3.51. The van der Waals surface area contributed by atoms with Gasteiger partial charge in [0.05, 0.1) is 11.3 Å². The van der Waals surface area contributed by atoms with E-state index in [1.165, 1.54) is 6.07 Å². The number of hydrogen-bond donors (Lipinski definition) is 0. The average molecular weight is 429 g/mol. The fraction of sp³-hybridized carbons (Fsp3) is 0.364. The van der Waals surface area contributed by atoms with Crippen LogP contribution in [0, 0.1) is 0 Å². The van der Waals surface area contributed by atoms with E-state index in [-0.39, 0.29) is 18.0 Å². The Labute approximate surface area is 178 Å². The molecule has 6 nitrogen and oxygen atoms in total. The molecule has 31 heavy (non-hydrogen) atoms. The van der Waals surface area contributed by atoms with Gasteiger partial charge in [-0.1, -0.05) is 0 Å². The van der Waals surface area contributed by atoms with Crippen molar-refractivity contribution in [2.24, 2.45) is 0 Å². The molecule has 1 fully saturated rings. The molecule has 0 unspecified atom stereocenters. The molecule has 0 aliphatic carbocycles. The van der Waals surface area contributed by atoms with Crippen LogP contribution in [0.1, 0.15) is 31.0 Å². The van der Waals surface area contributed by atoms with Crippen molar-refractivity contribution in [1.82, 2.24) is 24.8 Å². The van der Waals surface area contributed by atoms with Gasteiger partial charge >= 0.3 is 6.18 Å². The molecular weight excluding hydrogens is 407 g/mol. The molecule has 0 spiro atoms. The highest BCUT2D eigenvalue weighted by molar-refractivity contribution is 5.57. The molecule has 9 heteroatoms. The average Bonchev–Trinajstić information content (AvgIpc) is 2.77. The Morgan fingerprint density at radius 1 is 1.03 bits per heavy atom. The van der Waals surface area contributed by atoms with Crippen molar-refractivity contribution in [2.75, 3.05) is 6.54 Å². The minimum absolute atomic E-state index is 0.0318. The van der Waals surface area contributed by atoms with Gasteiger partial charge in [0.2, 0.25) is 5.88 Å². The van der Waals surface area contributed by atoms with Gasteiger partial charge in [0, 0.05) is 49.0 Å². The highest BCUT2D eigenvalue weighted by Gasteiger charge is 2.32. The molecule has 1 saturated heterocycles. The lowest BCUT2D eigenvalue weighted by atomic mass is 9.99. The summed E-state index contributed by atoms with van der Waals surface area (Å²) in [6.07, 6.45) is 3.06. The maximum absolute atomic E-state index is 12.8. The first kappa shape index (κ1) is 21.2. The summed E-state index contributed by atoms with van der Waals surface area (Å²) in [6, 6.07) is 7.88. The summed E-state index contributed by atoms with van der Waals surface area (Å²) in [5.41, 5.74) is 0.959. The Hall–Kier alpha value is -3.07. The summed E-state index contributed by atoms with van der Waals surface area (Å²) in [5.74, 6) is 0.819. The second kappa shape index (κ2) is 8.97. The quantitative estimate of drug-likeness (QED) is 0.600. The van der Waals surface area contributed by atoms with E-state index in [4.69, 9.17) is 4.74 Å². The molecule has 0 radical (unpaired) electrons. The topological polar surface area (TPSA) is 64.0 Å². The normalized spacial score (nSPS) is 19.9. The number of pyridine rings is 2. The number of piperidine rings is 1. The van der Waals surface area contributed by atoms with E-state index in [0.717, 1.165) is 42.9 Å². The fourth-order valence-electron chi connectivity index (χ4n) is 3.73. The monoisotopic (exact) mass is 429 g/mol. The van der Waals surface area contributed by atoms with Gasteiger partial charge in [0.15, 0.2) is 5.82 Å². The van der Waals surface area contributed by atoms with Crippen molar-refractivity contribution in [3.8, 4) is 17.3 Å². The number of halogens is 3. The van der Waals surface area contributed by atoms with E-state index in [0.29, 0.717) is 12.4 Å². The van der Waals surface area contributed by atoms with Gasteiger partial charge in [0.1, 0.15) is 6.10 Å². The van der Waals surface area contributed by atoms with Crippen LogP contribution in [0.4, 0.5) is 13.2 Å². The lowest BCUT2D eigenvalue weighted by Gasteiger charge is -2.39. The van der Waals surface area contributed by atoms with Gasteiger partial charge in [-0.15, -0.1) is 0 Å². The molecule has 0 N–H and O–H groups in total. The molecule has 0 saturated carbocycles. The minimum atomic E-state index is -4.41. The van der Waals surface area contributed by atoms with Crippen molar-refractivity contribution >= 4 is 0 Å². The van der Waals surface area contributed by atoms with Crippen molar-refractivity contribution in [1.29, 1.82) is 0 Å². The largest absolute Gasteiger partial charge is 0.473 e. The predicted octanol–water partition coefficient (Wildman–Crippen LogP) is 4.38. The van der Waals surface area contributed by atoms with Gasteiger partial charge < -0.3 is 4.74 Å². The highest BCUT2D eigenvalue weighted by Crippen LogP contribution is 2.30. The maximum atomic E-state index is 12.8. The molecule has 162 valence electrons. The number of ether oxygens (including phenoxy) is 1. The van der Waals surface area contributed by atoms with Gasteiger partial charge in [-0.2, -0.15) is 13.2 Å². The molecule has 0 bridgehead atoms. The van der Waals surface area contributed by atoms with Gasteiger partial charge in [-0.05, 0) is 50.6 Å². The number of likely N-dealkylation sites (tertiary alicyclic amines) is 1. The fourth-order valence-corrected chi connectivity index (χ4v) is 3.73. The van der Waals surface area contributed by atoms with Crippen LogP contribution in [0.2, 0.25) is 0 Å². The molecule has 0 aromatic carbocycles. The van der Waals surface area contributed by atoms with Crippen LogP contribution >= 0.6 is 0 Å². The Morgan fingerprint density at radius 2 is 1.81 bits per heavy atom. The first-order valence-electron chi connectivity index (χ1n) is 10.1. The van der Waals surface area contributed by atoms with E-state index in [9.17, 15) is 13.2 Å². The number of alkyl halides is 3. The minimum Gasteiger partial charge on any atom is -0.473 e. The van der Waals surface area contributed by atoms with Crippen LogP contribution in [0.25, 0.3) is 11.4 Å². The Kier molecular flexibility index (Phi) is 6.13. The van der Waals surface area contributed by atoms with Crippen molar-refractivity contribution in [3.63, 3.8) is 0 Å². The highest BCUT2D eigenvalue weighted by atomic mass is 19.4. The molecule has 4 rings (SSSR count). The smallest absolute Gasteiger partial charge is 0.417 e. The van der Waals surface area contributed by atoms with Crippen LogP contribution < -0.4 is 4.74 Å². The van der Waals surface area contributed by atoms with E-state index < -0.39 is 11.7 Å². The summed E-state index contributed by atoms with van der Waals surface area (Å²) in [5, 5.41) is 0. The summed E-state index contributed by atoms with van der Waals surface area (Å²) in [4.78, 5) is 19.3. The van der Waals surface area contributed by atoms with E-state index >= 15 is 0 Å². The van der Waals surface area contributed by atoms with Crippen LogP contribution in [-0.4, -0.2) is 43.5 Å². The van der Waals surface area contributed by atoms with Gasteiger partial charge in [-0.25, -0.2) is 15.0 Å². The van der Waals surface area contributed by atoms with Crippen LogP contribution in [0.5, 0.6) is 5.88 Å². The summed E-state index contributed by atoms with van der Waals surface area (Å²) < 4.78 is 44.2. The Balaban J connectivity index is 1.47. The first-order valence-corrected chi connectivity index (χ1v) is 10.1. The summed E-state index contributed by atoms with van der Waals surface area (Å²) in [7, 11) is 0. The first-order chi connectivity index (χ1) is 14.9. The Morgan fingerprint density at radius 3 is 2.52 bits per heavy atom. The molecule has 1 aliphatic rings. The third-order valence-corrected chi connectivity index (χ3v) is 5.43. The van der Waals surface area contributed by atoms with Gasteiger partial charge in [0.25, 0.3) is 0 Å². The zero-order valence-corrected chi connectivity index (χ0v) is 17.0. The molecule has 0 amide bonds. The van der Waals surface area contributed by atoms with Crippen LogP contribution in [0.3, 0.4) is 0 Å². The zero-order chi connectivity index (χ0) is 21.8. The van der Waals surface area contributed by atoms with E-state index in [1.54, 1.807) is 24.7 Å². The van der Waals surface area contributed by atoms with E-state index in [2.05, 4.69) is 31.8 Å².